The lowest BCUT2D eigenvalue weighted by Gasteiger charge is -2.37. The highest BCUT2D eigenvalue weighted by Gasteiger charge is 2.48. The van der Waals surface area contributed by atoms with E-state index in [2.05, 4.69) is 5.32 Å². The number of hydrogen-bond acceptors (Lipinski definition) is 1. The third-order valence-electron chi connectivity index (χ3n) is 3.70. The Morgan fingerprint density at radius 2 is 1.88 bits per heavy atom. The Morgan fingerprint density at radius 3 is 2.25 bits per heavy atom. The lowest BCUT2D eigenvalue weighted by Crippen LogP contribution is -2.45. The van der Waals surface area contributed by atoms with Crippen LogP contribution in [0.3, 0.4) is 0 Å². The van der Waals surface area contributed by atoms with Crippen LogP contribution in [0.5, 0.6) is 0 Å². The smallest absolute Gasteiger partial charge is 0.351 e. The standard InChI is InChI=1S/C11H18F3NO/c1-9(2)10(3,7-8(16)15-9)5-4-6-11(12,13)14/h4-7H2,1-3H3,(H,15,16). The minimum Gasteiger partial charge on any atom is -0.351 e. The predicted molar refractivity (Wildman–Crippen MR) is 54.9 cm³/mol. The van der Waals surface area contributed by atoms with Crippen LogP contribution in [0.4, 0.5) is 13.2 Å². The third kappa shape index (κ3) is 2.89. The molecule has 16 heavy (non-hydrogen) atoms. The second kappa shape index (κ2) is 3.93. The molecule has 0 radical (unpaired) electrons. The number of rotatable bonds is 3. The zero-order chi connectivity index (χ0) is 12.6. The molecule has 0 aromatic heterocycles. The van der Waals surface area contributed by atoms with E-state index in [9.17, 15) is 18.0 Å². The number of amides is 1. The maximum atomic E-state index is 12.0. The van der Waals surface area contributed by atoms with Gasteiger partial charge >= 0.3 is 6.18 Å². The molecular weight excluding hydrogens is 219 g/mol. The van der Waals surface area contributed by atoms with Crippen LogP contribution in [-0.2, 0) is 4.79 Å². The highest BCUT2D eigenvalue weighted by molar-refractivity contribution is 5.80. The van der Waals surface area contributed by atoms with Gasteiger partial charge in [0.25, 0.3) is 0 Å². The zero-order valence-corrected chi connectivity index (χ0v) is 9.87. The lowest BCUT2D eigenvalue weighted by molar-refractivity contribution is -0.137. The maximum Gasteiger partial charge on any atom is 0.389 e. The molecule has 1 aliphatic rings. The van der Waals surface area contributed by atoms with Gasteiger partial charge < -0.3 is 5.32 Å². The molecule has 1 unspecified atom stereocenters. The van der Waals surface area contributed by atoms with Crippen molar-refractivity contribution in [3.8, 4) is 0 Å². The molecule has 1 amide bonds. The predicted octanol–water partition coefficient (Wildman–Crippen LogP) is 3.02. The number of nitrogens with one attached hydrogen (secondary N) is 1. The van der Waals surface area contributed by atoms with Gasteiger partial charge in [-0.15, -0.1) is 0 Å². The molecule has 1 saturated heterocycles. The average molecular weight is 237 g/mol. The van der Waals surface area contributed by atoms with Crippen molar-refractivity contribution in [1.29, 1.82) is 0 Å². The fourth-order valence-electron chi connectivity index (χ4n) is 2.20. The molecule has 1 aliphatic heterocycles. The Morgan fingerprint density at radius 1 is 1.31 bits per heavy atom. The first-order valence-electron chi connectivity index (χ1n) is 5.44. The largest absolute Gasteiger partial charge is 0.389 e. The normalized spacial score (nSPS) is 29.2. The van der Waals surface area contributed by atoms with Crippen LogP contribution >= 0.6 is 0 Å². The van der Waals surface area contributed by atoms with E-state index in [0.717, 1.165) is 0 Å². The molecule has 0 saturated carbocycles. The van der Waals surface area contributed by atoms with Gasteiger partial charge in [-0.05, 0) is 32.1 Å². The second-order valence-electron chi connectivity index (χ2n) is 5.38. The Labute approximate surface area is 93.6 Å². The molecule has 5 heteroatoms. The van der Waals surface area contributed by atoms with Crippen LogP contribution in [0.1, 0.15) is 46.5 Å². The van der Waals surface area contributed by atoms with Crippen LogP contribution in [-0.4, -0.2) is 17.6 Å². The van der Waals surface area contributed by atoms with Crippen molar-refractivity contribution in [3.63, 3.8) is 0 Å². The second-order valence-corrected chi connectivity index (χ2v) is 5.38. The molecule has 1 N–H and O–H groups in total. The summed E-state index contributed by atoms with van der Waals surface area (Å²) in [5.74, 6) is -0.0699. The van der Waals surface area contributed by atoms with Crippen molar-refractivity contribution in [2.75, 3.05) is 0 Å². The van der Waals surface area contributed by atoms with Crippen molar-refractivity contribution in [1.82, 2.24) is 5.32 Å². The highest BCUT2D eigenvalue weighted by Crippen LogP contribution is 2.44. The lowest BCUT2D eigenvalue weighted by atomic mass is 9.70. The fourth-order valence-corrected chi connectivity index (χ4v) is 2.20. The molecule has 1 heterocycles. The first-order chi connectivity index (χ1) is 7.06. The summed E-state index contributed by atoms with van der Waals surface area (Å²) in [6.07, 6.45) is -4.06. The number of alkyl halides is 3. The molecule has 94 valence electrons. The van der Waals surface area contributed by atoms with Crippen molar-refractivity contribution in [2.24, 2.45) is 5.41 Å². The van der Waals surface area contributed by atoms with Crippen molar-refractivity contribution >= 4 is 5.91 Å². The van der Waals surface area contributed by atoms with Crippen LogP contribution < -0.4 is 5.32 Å². The van der Waals surface area contributed by atoms with Crippen LogP contribution in [0, 0.1) is 5.41 Å². The number of hydrogen-bond donors (Lipinski definition) is 1. The molecule has 2 nitrogen and oxygen atoms in total. The van der Waals surface area contributed by atoms with Gasteiger partial charge in [-0.1, -0.05) is 6.92 Å². The highest BCUT2D eigenvalue weighted by atomic mass is 19.4. The fraction of sp³-hybridized carbons (Fsp3) is 0.909. The molecule has 0 spiro atoms. The van der Waals surface area contributed by atoms with E-state index in [-0.39, 0.29) is 17.7 Å². The molecule has 1 rings (SSSR count). The third-order valence-corrected chi connectivity index (χ3v) is 3.70. The van der Waals surface area contributed by atoms with Gasteiger partial charge in [0, 0.05) is 18.4 Å². The van der Waals surface area contributed by atoms with Crippen molar-refractivity contribution in [3.05, 3.63) is 0 Å². The van der Waals surface area contributed by atoms with E-state index in [4.69, 9.17) is 0 Å². The topological polar surface area (TPSA) is 29.1 Å². The van der Waals surface area contributed by atoms with E-state index in [1.807, 2.05) is 20.8 Å². The summed E-state index contributed by atoms with van der Waals surface area (Å²) < 4.78 is 36.1. The van der Waals surface area contributed by atoms with E-state index in [0.29, 0.717) is 12.8 Å². The SMILES string of the molecule is CC1(CCCC(F)(F)F)CC(=O)NC1(C)C. The van der Waals surface area contributed by atoms with Gasteiger partial charge in [0.05, 0.1) is 0 Å². The van der Waals surface area contributed by atoms with Gasteiger partial charge in [0.1, 0.15) is 0 Å². The molecule has 1 fully saturated rings. The maximum absolute atomic E-state index is 12.0. The summed E-state index contributed by atoms with van der Waals surface area (Å²) in [5.41, 5.74) is -0.801. The van der Waals surface area contributed by atoms with Crippen molar-refractivity contribution < 1.29 is 18.0 Å². The minimum absolute atomic E-state index is 0.0699. The zero-order valence-electron chi connectivity index (χ0n) is 9.87. The Balaban J connectivity index is 2.55. The quantitative estimate of drug-likeness (QED) is 0.803. The van der Waals surface area contributed by atoms with Crippen molar-refractivity contribution in [2.45, 2.75) is 58.2 Å². The van der Waals surface area contributed by atoms with Gasteiger partial charge in [0.15, 0.2) is 0 Å². The van der Waals surface area contributed by atoms with E-state index in [1.165, 1.54) is 0 Å². The van der Waals surface area contributed by atoms with Crippen LogP contribution in [0.15, 0.2) is 0 Å². The molecule has 1 atom stereocenters. The van der Waals surface area contributed by atoms with Gasteiger partial charge in [0.2, 0.25) is 5.91 Å². The molecule has 0 aromatic rings. The first kappa shape index (κ1) is 13.3. The summed E-state index contributed by atoms with van der Waals surface area (Å²) in [6.45, 7) is 5.61. The number of carbonyl (C=O) groups excluding carboxylic acids is 1. The van der Waals surface area contributed by atoms with E-state index in [1.54, 1.807) is 0 Å². The molecule has 0 bridgehead atoms. The Kier molecular flexibility index (Phi) is 3.27. The Bertz CT molecular complexity index is 285. The van der Waals surface area contributed by atoms with E-state index >= 15 is 0 Å². The molecule has 0 aliphatic carbocycles. The molecular formula is C11H18F3NO. The van der Waals surface area contributed by atoms with Crippen LogP contribution in [0.25, 0.3) is 0 Å². The summed E-state index contributed by atoms with van der Waals surface area (Å²) in [4.78, 5) is 11.3. The summed E-state index contributed by atoms with van der Waals surface area (Å²) >= 11 is 0. The average Bonchev–Trinajstić information content (AvgIpc) is 2.17. The number of carbonyl (C=O) groups is 1. The minimum atomic E-state index is -4.10. The van der Waals surface area contributed by atoms with Crippen LogP contribution in [0.2, 0.25) is 0 Å². The van der Waals surface area contributed by atoms with Gasteiger partial charge in [-0.2, -0.15) is 13.2 Å². The monoisotopic (exact) mass is 237 g/mol. The Hall–Kier alpha value is -0.740. The van der Waals surface area contributed by atoms with Gasteiger partial charge in [-0.25, -0.2) is 0 Å². The number of halogens is 3. The van der Waals surface area contributed by atoms with E-state index < -0.39 is 18.1 Å². The summed E-state index contributed by atoms with van der Waals surface area (Å²) in [6, 6.07) is 0. The van der Waals surface area contributed by atoms with Gasteiger partial charge in [-0.3, -0.25) is 4.79 Å². The summed E-state index contributed by atoms with van der Waals surface area (Å²) in [5, 5.41) is 2.81. The first-order valence-corrected chi connectivity index (χ1v) is 5.44. The summed E-state index contributed by atoms with van der Waals surface area (Å²) in [7, 11) is 0. The molecule has 0 aromatic carbocycles.